The molecule has 2 nitrogen and oxygen atoms in total. The maximum atomic E-state index is 9.83. The summed E-state index contributed by atoms with van der Waals surface area (Å²) in [6.45, 7) is 0.275. The van der Waals surface area contributed by atoms with Crippen LogP contribution in [0.3, 0.4) is 0 Å². The van der Waals surface area contributed by atoms with Crippen molar-refractivity contribution in [3.8, 4) is 0 Å². The monoisotopic (exact) mass is 247 g/mol. The summed E-state index contributed by atoms with van der Waals surface area (Å²) in [4.78, 5) is 9.83. The highest BCUT2D eigenvalue weighted by Gasteiger charge is 1.90. The molecule has 10 heavy (non-hydrogen) atoms. The average Bonchev–Trinajstić information content (AvgIpc) is 1.88. The lowest BCUT2D eigenvalue weighted by Gasteiger charge is -1.92. The molecule has 0 saturated heterocycles. The van der Waals surface area contributed by atoms with Crippen LogP contribution >= 0.6 is 22.6 Å². The minimum Gasteiger partial charge on any atom is -0.150 e. The minimum absolute atomic E-state index is 0.275. The molecule has 52 valence electrons. The molecule has 0 unspecified atom stereocenters. The highest BCUT2D eigenvalue weighted by atomic mass is 127. The number of hydrogen-bond donors (Lipinski definition) is 0. The molecular formula is C7H6INO. The van der Waals surface area contributed by atoms with E-state index >= 15 is 0 Å². The van der Waals surface area contributed by atoms with Gasteiger partial charge >= 0.3 is 0 Å². The van der Waals surface area contributed by atoms with E-state index in [1.54, 1.807) is 0 Å². The van der Waals surface area contributed by atoms with Gasteiger partial charge in [0, 0.05) is 3.57 Å². The van der Waals surface area contributed by atoms with E-state index in [2.05, 4.69) is 27.8 Å². The lowest BCUT2D eigenvalue weighted by atomic mass is 10.2. The molecule has 1 rings (SSSR count). The first-order valence-corrected chi connectivity index (χ1v) is 3.94. The van der Waals surface area contributed by atoms with Crippen LogP contribution in [0.5, 0.6) is 0 Å². The summed E-state index contributed by atoms with van der Waals surface area (Å²) >= 11 is 2.20. The lowest BCUT2D eigenvalue weighted by molar-refractivity contribution is 1.05. The van der Waals surface area contributed by atoms with Crippen LogP contribution in [-0.4, -0.2) is 0 Å². The number of nitrogens with zero attached hydrogens (tertiary/aromatic N) is 1. The summed E-state index contributed by atoms with van der Waals surface area (Å²) in [5, 5.41) is 2.79. The quantitative estimate of drug-likeness (QED) is 0.583. The SMILES string of the molecule is O=NCc1cccc(I)c1. The van der Waals surface area contributed by atoms with Crippen LogP contribution in [-0.2, 0) is 6.54 Å². The van der Waals surface area contributed by atoms with E-state index in [0.29, 0.717) is 0 Å². The molecule has 1 aromatic carbocycles. The Morgan fingerprint density at radius 3 is 2.90 bits per heavy atom. The van der Waals surface area contributed by atoms with Crippen LogP contribution in [0.25, 0.3) is 0 Å². The van der Waals surface area contributed by atoms with E-state index in [9.17, 15) is 4.91 Å². The maximum Gasteiger partial charge on any atom is 0.106 e. The summed E-state index contributed by atoms with van der Waals surface area (Å²) < 4.78 is 1.14. The van der Waals surface area contributed by atoms with Crippen molar-refractivity contribution in [2.75, 3.05) is 0 Å². The smallest absolute Gasteiger partial charge is 0.106 e. The maximum absolute atomic E-state index is 9.83. The minimum atomic E-state index is 0.275. The van der Waals surface area contributed by atoms with Gasteiger partial charge in [-0.1, -0.05) is 17.3 Å². The molecule has 0 aromatic heterocycles. The van der Waals surface area contributed by atoms with Crippen molar-refractivity contribution in [1.82, 2.24) is 0 Å². The highest BCUT2D eigenvalue weighted by Crippen LogP contribution is 2.07. The van der Waals surface area contributed by atoms with Gasteiger partial charge in [-0.3, -0.25) is 0 Å². The van der Waals surface area contributed by atoms with Crippen molar-refractivity contribution in [2.24, 2.45) is 5.18 Å². The topological polar surface area (TPSA) is 29.4 Å². The Balaban J connectivity index is 2.84. The summed E-state index contributed by atoms with van der Waals surface area (Å²) in [7, 11) is 0. The molecule has 0 aliphatic carbocycles. The van der Waals surface area contributed by atoms with Crippen molar-refractivity contribution in [3.63, 3.8) is 0 Å². The van der Waals surface area contributed by atoms with Crippen LogP contribution in [0.15, 0.2) is 29.4 Å². The fourth-order valence-electron chi connectivity index (χ4n) is 0.710. The zero-order valence-corrected chi connectivity index (χ0v) is 7.41. The largest absolute Gasteiger partial charge is 0.150 e. The molecule has 0 aliphatic heterocycles. The van der Waals surface area contributed by atoms with Crippen LogP contribution in [0.2, 0.25) is 0 Å². The van der Waals surface area contributed by atoms with E-state index < -0.39 is 0 Å². The molecule has 0 fully saturated rings. The van der Waals surface area contributed by atoms with Gasteiger partial charge in [0.1, 0.15) is 6.54 Å². The van der Waals surface area contributed by atoms with Crippen molar-refractivity contribution >= 4 is 22.6 Å². The Morgan fingerprint density at radius 1 is 1.50 bits per heavy atom. The van der Waals surface area contributed by atoms with Crippen molar-refractivity contribution in [1.29, 1.82) is 0 Å². The third kappa shape index (κ3) is 2.06. The first kappa shape index (κ1) is 7.65. The van der Waals surface area contributed by atoms with E-state index in [0.717, 1.165) is 9.13 Å². The van der Waals surface area contributed by atoms with E-state index in [-0.39, 0.29) is 6.54 Å². The predicted octanol–water partition coefficient (Wildman–Crippen LogP) is 2.56. The van der Waals surface area contributed by atoms with Gasteiger partial charge in [0.05, 0.1) is 0 Å². The fourth-order valence-corrected chi connectivity index (χ4v) is 1.32. The van der Waals surface area contributed by atoms with Gasteiger partial charge in [-0.25, -0.2) is 0 Å². The standard InChI is InChI=1S/C7H6INO/c8-7-3-1-2-6(4-7)5-9-10/h1-4H,5H2. The van der Waals surface area contributed by atoms with Crippen molar-refractivity contribution < 1.29 is 0 Å². The van der Waals surface area contributed by atoms with E-state index in [1.807, 2.05) is 24.3 Å². The molecule has 0 amide bonds. The Kier molecular flexibility index (Phi) is 2.80. The summed E-state index contributed by atoms with van der Waals surface area (Å²) in [5.74, 6) is 0. The van der Waals surface area contributed by atoms with Crippen LogP contribution < -0.4 is 0 Å². The average molecular weight is 247 g/mol. The van der Waals surface area contributed by atoms with Crippen LogP contribution in [0.1, 0.15) is 5.56 Å². The second kappa shape index (κ2) is 3.65. The van der Waals surface area contributed by atoms with Crippen LogP contribution in [0.4, 0.5) is 0 Å². The Bertz CT molecular complexity index is 237. The van der Waals surface area contributed by atoms with Gasteiger partial charge in [-0.2, -0.15) is 4.91 Å². The molecule has 1 aromatic rings. The molecule has 0 bridgehead atoms. The second-order valence-electron chi connectivity index (χ2n) is 1.92. The Hall–Kier alpha value is -0.450. The molecule has 3 heteroatoms. The van der Waals surface area contributed by atoms with Crippen molar-refractivity contribution in [2.45, 2.75) is 6.54 Å². The molecule has 0 heterocycles. The van der Waals surface area contributed by atoms with Gasteiger partial charge in [0.15, 0.2) is 0 Å². The molecular weight excluding hydrogens is 241 g/mol. The molecule has 0 aliphatic rings. The first-order valence-electron chi connectivity index (χ1n) is 2.86. The summed E-state index contributed by atoms with van der Waals surface area (Å²) in [6.07, 6.45) is 0. The first-order chi connectivity index (χ1) is 4.83. The highest BCUT2D eigenvalue weighted by molar-refractivity contribution is 14.1. The molecule has 0 N–H and O–H groups in total. The van der Waals surface area contributed by atoms with Gasteiger partial charge < -0.3 is 0 Å². The van der Waals surface area contributed by atoms with Crippen LogP contribution in [0, 0.1) is 8.48 Å². The van der Waals surface area contributed by atoms with Crippen molar-refractivity contribution in [3.05, 3.63) is 38.3 Å². The van der Waals surface area contributed by atoms with Gasteiger partial charge in [0.25, 0.3) is 0 Å². The molecule has 0 spiro atoms. The third-order valence-corrected chi connectivity index (χ3v) is 1.81. The number of rotatable bonds is 2. The molecule has 0 atom stereocenters. The van der Waals surface area contributed by atoms with E-state index in [1.165, 1.54) is 0 Å². The normalized spacial score (nSPS) is 9.30. The third-order valence-electron chi connectivity index (χ3n) is 1.14. The number of halogens is 1. The zero-order chi connectivity index (χ0) is 7.40. The Morgan fingerprint density at radius 2 is 2.30 bits per heavy atom. The number of hydrogen-bond acceptors (Lipinski definition) is 2. The van der Waals surface area contributed by atoms with Gasteiger partial charge in [-0.05, 0) is 40.3 Å². The molecule has 0 saturated carbocycles. The summed E-state index contributed by atoms with van der Waals surface area (Å²) in [6, 6.07) is 7.74. The lowest BCUT2D eigenvalue weighted by Crippen LogP contribution is -1.79. The van der Waals surface area contributed by atoms with E-state index in [4.69, 9.17) is 0 Å². The predicted molar refractivity (Wildman–Crippen MR) is 48.7 cm³/mol. The number of benzene rings is 1. The number of nitroso groups, excluding NO2 is 1. The Labute approximate surface area is 72.8 Å². The second-order valence-corrected chi connectivity index (χ2v) is 3.16. The zero-order valence-electron chi connectivity index (χ0n) is 5.25. The molecule has 0 radical (unpaired) electrons. The van der Waals surface area contributed by atoms with Gasteiger partial charge in [-0.15, -0.1) is 0 Å². The fraction of sp³-hybridized carbons (Fsp3) is 0.143. The summed E-state index contributed by atoms with van der Waals surface area (Å²) in [5.41, 5.74) is 0.974. The van der Waals surface area contributed by atoms with Gasteiger partial charge in [0.2, 0.25) is 0 Å².